The number of amides is 1. The number of hydrogen-bond donors (Lipinski definition) is 0. The van der Waals surface area contributed by atoms with E-state index in [0.29, 0.717) is 18.0 Å². The second kappa shape index (κ2) is 9.18. The molecular formula is C25H25ClN4O2. The minimum atomic E-state index is -0.228. The molecule has 1 amide bonds. The van der Waals surface area contributed by atoms with E-state index in [9.17, 15) is 4.79 Å². The van der Waals surface area contributed by atoms with Crippen LogP contribution in [0.1, 0.15) is 23.8 Å². The molecule has 2 aliphatic heterocycles. The van der Waals surface area contributed by atoms with Gasteiger partial charge in [-0.25, -0.2) is 5.01 Å². The van der Waals surface area contributed by atoms with Crippen LogP contribution in [0.4, 0.5) is 5.69 Å². The molecule has 0 N–H and O–H groups in total. The summed E-state index contributed by atoms with van der Waals surface area (Å²) in [5.41, 5.74) is 3.07. The second-order valence-corrected chi connectivity index (χ2v) is 8.56. The number of nitrogens with zero attached hydrogens (tertiary/aromatic N) is 4. The van der Waals surface area contributed by atoms with E-state index in [2.05, 4.69) is 34.1 Å². The van der Waals surface area contributed by atoms with Gasteiger partial charge < -0.3 is 9.32 Å². The van der Waals surface area contributed by atoms with Crippen LogP contribution in [-0.4, -0.2) is 54.3 Å². The molecule has 6 nitrogen and oxygen atoms in total. The number of furan rings is 1. The molecule has 0 bridgehead atoms. The third kappa shape index (κ3) is 4.42. The number of halogens is 1. The van der Waals surface area contributed by atoms with E-state index in [1.807, 2.05) is 42.5 Å². The topological polar surface area (TPSA) is 52.3 Å². The Morgan fingerprint density at radius 2 is 1.72 bits per heavy atom. The van der Waals surface area contributed by atoms with Crippen LogP contribution in [0.2, 0.25) is 5.02 Å². The molecule has 1 saturated heterocycles. The number of piperazine rings is 1. The van der Waals surface area contributed by atoms with Crippen molar-refractivity contribution in [1.29, 1.82) is 0 Å². The summed E-state index contributed by atoms with van der Waals surface area (Å²) in [4.78, 5) is 17.9. The molecular weight excluding hydrogens is 424 g/mol. The van der Waals surface area contributed by atoms with Gasteiger partial charge in [-0.15, -0.1) is 0 Å². The third-order valence-electron chi connectivity index (χ3n) is 6.07. The molecule has 0 spiro atoms. The van der Waals surface area contributed by atoms with Gasteiger partial charge in [0.15, 0.2) is 0 Å². The number of anilines is 1. The smallest absolute Gasteiger partial charge is 0.257 e. The molecule has 32 heavy (non-hydrogen) atoms. The maximum atomic E-state index is 13.3. The monoisotopic (exact) mass is 448 g/mol. The van der Waals surface area contributed by atoms with E-state index in [4.69, 9.17) is 21.1 Å². The molecule has 0 saturated carbocycles. The minimum absolute atomic E-state index is 0.0106. The number of rotatable bonds is 5. The van der Waals surface area contributed by atoms with E-state index in [1.54, 1.807) is 11.3 Å². The van der Waals surface area contributed by atoms with Gasteiger partial charge >= 0.3 is 0 Å². The standard InChI is InChI=1S/C25H25ClN4O2/c26-20-10-8-19(9-11-20)22-17-23(24-7-4-16-32-24)30(27-22)25(31)18-28-12-14-29(15-13-28)21-5-2-1-3-6-21/h1-11,16,23H,12-15,17-18H2. The fraction of sp³-hybridized carbons (Fsp3) is 0.280. The summed E-state index contributed by atoms with van der Waals surface area (Å²) in [6.45, 7) is 3.83. The van der Waals surface area contributed by atoms with Crippen LogP contribution in [0.3, 0.4) is 0 Å². The molecule has 7 heteroatoms. The SMILES string of the molecule is O=C(CN1CCN(c2ccccc2)CC1)N1N=C(c2ccc(Cl)cc2)CC1c1ccco1. The van der Waals surface area contributed by atoms with Crippen molar-refractivity contribution in [2.45, 2.75) is 12.5 Å². The van der Waals surface area contributed by atoms with E-state index in [1.165, 1.54) is 5.69 Å². The van der Waals surface area contributed by atoms with Gasteiger partial charge in [0.25, 0.3) is 5.91 Å². The van der Waals surface area contributed by atoms with Gasteiger partial charge in [-0.1, -0.05) is 41.9 Å². The van der Waals surface area contributed by atoms with Crippen LogP contribution in [0, 0.1) is 0 Å². The Morgan fingerprint density at radius 1 is 0.969 bits per heavy atom. The number of carbonyl (C=O) groups excluding carboxylic acids is 1. The molecule has 1 fully saturated rings. The van der Waals surface area contributed by atoms with E-state index < -0.39 is 0 Å². The summed E-state index contributed by atoms with van der Waals surface area (Å²) in [5, 5.41) is 7.00. The number of para-hydroxylation sites is 1. The first-order valence-electron chi connectivity index (χ1n) is 10.9. The fourth-order valence-corrected chi connectivity index (χ4v) is 4.45. The van der Waals surface area contributed by atoms with Crippen LogP contribution in [-0.2, 0) is 4.79 Å². The molecule has 1 unspecified atom stereocenters. The molecule has 0 aliphatic carbocycles. The first-order valence-corrected chi connectivity index (χ1v) is 11.3. The predicted octanol–water partition coefficient (Wildman–Crippen LogP) is 4.43. The molecule has 5 rings (SSSR count). The Labute approximate surface area is 192 Å². The van der Waals surface area contributed by atoms with E-state index in [0.717, 1.165) is 43.2 Å². The molecule has 164 valence electrons. The van der Waals surface area contributed by atoms with Crippen molar-refractivity contribution >= 4 is 28.9 Å². The van der Waals surface area contributed by atoms with Crippen LogP contribution in [0.5, 0.6) is 0 Å². The maximum absolute atomic E-state index is 13.3. The molecule has 0 radical (unpaired) electrons. The first-order chi connectivity index (χ1) is 15.7. The van der Waals surface area contributed by atoms with Gasteiger partial charge in [-0.2, -0.15) is 5.10 Å². The van der Waals surface area contributed by atoms with Crippen molar-refractivity contribution in [2.24, 2.45) is 5.10 Å². The zero-order chi connectivity index (χ0) is 21.9. The van der Waals surface area contributed by atoms with E-state index >= 15 is 0 Å². The van der Waals surface area contributed by atoms with Gasteiger partial charge in [0.2, 0.25) is 0 Å². The predicted molar refractivity (Wildman–Crippen MR) is 126 cm³/mol. The Hall–Kier alpha value is -3.09. The molecule has 3 aromatic rings. The van der Waals surface area contributed by atoms with Gasteiger partial charge in [0, 0.05) is 43.3 Å². The van der Waals surface area contributed by atoms with Gasteiger partial charge in [0.05, 0.1) is 18.5 Å². The molecule has 2 aromatic carbocycles. The maximum Gasteiger partial charge on any atom is 0.257 e. The number of hydrogen-bond acceptors (Lipinski definition) is 5. The molecule has 2 aliphatic rings. The second-order valence-electron chi connectivity index (χ2n) is 8.13. The highest BCUT2D eigenvalue weighted by Gasteiger charge is 2.35. The van der Waals surface area contributed by atoms with Crippen molar-refractivity contribution in [3.63, 3.8) is 0 Å². The van der Waals surface area contributed by atoms with E-state index in [-0.39, 0.29) is 11.9 Å². The zero-order valence-electron chi connectivity index (χ0n) is 17.7. The zero-order valence-corrected chi connectivity index (χ0v) is 18.5. The van der Waals surface area contributed by atoms with Gasteiger partial charge in [-0.3, -0.25) is 9.69 Å². The first kappa shape index (κ1) is 20.8. The summed E-state index contributed by atoms with van der Waals surface area (Å²) < 4.78 is 5.65. The van der Waals surface area contributed by atoms with Crippen LogP contribution in [0.25, 0.3) is 0 Å². The highest BCUT2D eigenvalue weighted by molar-refractivity contribution is 6.30. The summed E-state index contributed by atoms with van der Waals surface area (Å²) in [5.74, 6) is 0.739. The summed E-state index contributed by atoms with van der Waals surface area (Å²) in [7, 11) is 0. The number of carbonyl (C=O) groups is 1. The quantitative estimate of drug-likeness (QED) is 0.579. The minimum Gasteiger partial charge on any atom is -0.467 e. The lowest BCUT2D eigenvalue weighted by Crippen LogP contribution is -2.49. The average molecular weight is 449 g/mol. The summed E-state index contributed by atoms with van der Waals surface area (Å²) >= 11 is 6.04. The highest BCUT2D eigenvalue weighted by atomic mass is 35.5. The van der Waals surface area contributed by atoms with Crippen molar-refractivity contribution in [3.8, 4) is 0 Å². The number of hydrazone groups is 1. The average Bonchev–Trinajstić information content (AvgIpc) is 3.51. The fourth-order valence-electron chi connectivity index (χ4n) is 4.33. The third-order valence-corrected chi connectivity index (χ3v) is 6.32. The highest BCUT2D eigenvalue weighted by Crippen LogP contribution is 2.33. The lowest BCUT2D eigenvalue weighted by molar-refractivity contribution is -0.134. The Kier molecular flexibility index (Phi) is 5.97. The molecule has 1 aromatic heterocycles. The van der Waals surface area contributed by atoms with Crippen molar-refractivity contribution in [3.05, 3.63) is 89.3 Å². The lowest BCUT2D eigenvalue weighted by Gasteiger charge is -2.36. The van der Waals surface area contributed by atoms with Crippen LogP contribution >= 0.6 is 11.6 Å². The van der Waals surface area contributed by atoms with Gasteiger partial charge in [0.1, 0.15) is 11.8 Å². The van der Waals surface area contributed by atoms with Crippen LogP contribution < -0.4 is 4.90 Å². The number of benzene rings is 2. The van der Waals surface area contributed by atoms with Crippen molar-refractivity contribution < 1.29 is 9.21 Å². The van der Waals surface area contributed by atoms with Gasteiger partial charge in [-0.05, 0) is 42.0 Å². The Morgan fingerprint density at radius 3 is 2.41 bits per heavy atom. The normalized spacial score (nSPS) is 19.3. The van der Waals surface area contributed by atoms with Crippen molar-refractivity contribution in [1.82, 2.24) is 9.91 Å². The Bertz CT molecular complexity index is 1070. The molecule has 1 atom stereocenters. The van der Waals surface area contributed by atoms with Crippen molar-refractivity contribution in [2.75, 3.05) is 37.6 Å². The summed E-state index contributed by atoms with van der Waals surface area (Å²) in [6.07, 6.45) is 2.25. The summed E-state index contributed by atoms with van der Waals surface area (Å²) in [6, 6.07) is 21.5. The Balaban J connectivity index is 1.28. The molecule has 3 heterocycles. The largest absolute Gasteiger partial charge is 0.467 e. The lowest BCUT2D eigenvalue weighted by atomic mass is 10.0. The van der Waals surface area contributed by atoms with Crippen LogP contribution in [0.15, 0.2) is 82.5 Å².